The van der Waals surface area contributed by atoms with E-state index in [2.05, 4.69) is 36.1 Å². The van der Waals surface area contributed by atoms with E-state index in [0.29, 0.717) is 5.82 Å². The van der Waals surface area contributed by atoms with E-state index in [1.807, 2.05) is 24.3 Å². The lowest BCUT2D eigenvalue weighted by molar-refractivity contribution is 0.576. The molecule has 3 aromatic rings. The average molecular weight is 269 g/mol. The van der Waals surface area contributed by atoms with Gasteiger partial charge in [-0.25, -0.2) is 9.97 Å². The third-order valence-corrected chi connectivity index (χ3v) is 3.82. The van der Waals surface area contributed by atoms with Crippen LogP contribution in [0.15, 0.2) is 35.8 Å². The first-order valence-corrected chi connectivity index (χ1v) is 7.11. The summed E-state index contributed by atoms with van der Waals surface area (Å²) in [6, 6.07) is 7.85. The number of thiophene rings is 1. The minimum absolute atomic E-state index is 0.00439. The molecule has 3 aromatic heterocycles. The Bertz CT molecular complexity index is 711. The number of hydrogen-bond acceptors (Lipinski definition) is 4. The Morgan fingerprint density at radius 2 is 1.89 bits per heavy atom. The van der Waals surface area contributed by atoms with Crippen molar-refractivity contribution >= 4 is 21.6 Å². The van der Waals surface area contributed by atoms with Gasteiger partial charge in [-0.2, -0.15) is 0 Å². The molecule has 3 heterocycles. The Hall–Kier alpha value is -1.81. The molecule has 0 bridgehead atoms. The first-order valence-electron chi connectivity index (χ1n) is 6.23. The number of aromatic nitrogens is 3. The molecule has 0 amide bonds. The first kappa shape index (κ1) is 12.2. The van der Waals surface area contributed by atoms with Gasteiger partial charge in [0.2, 0.25) is 0 Å². The van der Waals surface area contributed by atoms with E-state index in [4.69, 9.17) is 4.98 Å². The molecular formula is C15H15N3S. The van der Waals surface area contributed by atoms with Crippen molar-refractivity contribution in [3.8, 4) is 11.5 Å². The van der Waals surface area contributed by atoms with Crippen LogP contribution in [0.1, 0.15) is 26.5 Å². The Kier molecular flexibility index (Phi) is 2.82. The van der Waals surface area contributed by atoms with Crippen LogP contribution in [0.5, 0.6) is 0 Å². The fourth-order valence-corrected chi connectivity index (χ4v) is 3.01. The van der Waals surface area contributed by atoms with Gasteiger partial charge in [-0.05, 0) is 23.6 Å². The highest BCUT2D eigenvalue weighted by Crippen LogP contribution is 2.32. The molecule has 0 aliphatic heterocycles. The smallest absolute Gasteiger partial charge is 0.179 e. The van der Waals surface area contributed by atoms with Crippen LogP contribution in [-0.4, -0.2) is 15.0 Å². The van der Waals surface area contributed by atoms with E-state index in [1.54, 1.807) is 17.5 Å². The largest absolute Gasteiger partial charge is 0.253 e. The molecule has 3 rings (SSSR count). The summed E-state index contributed by atoms with van der Waals surface area (Å²) in [4.78, 5) is 13.7. The zero-order valence-electron chi connectivity index (χ0n) is 11.2. The SMILES string of the molecule is CC(C)(C)c1nc(-c2ccccn2)nc2ccsc12. The Labute approximate surface area is 116 Å². The normalized spacial score (nSPS) is 11.9. The lowest BCUT2D eigenvalue weighted by atomic mass is 9.91. The zero-order chi connectivity index (χ0) is 13.5. The van der Waals surface area contributed by atoms with Crippen LogP contribution in [-0.2, 0) is 5.41 Å². The summed E-state index contributed by atoms with van der Waals surface area (Å²) in [6.45, 7) is 6.53. The van der Waals surface area contributed by atoms with E-state index in [-0.39, 0.29) is 5.41 Å². The summed E-state index contributed by atoms with van der Waals surface area (Å²) in [5.41, 5.74) is 2.91. The second-order valence-electron chi connectivity index (χ2n) is 5.50. The summed E-state index contributed by atoms with van der Waals surface area (Å²) < 4.78 is 1.17. The highest BCUT2D eigenvalue weighted by Gasteiger charge is 2.22. The maximum Gasteiger partial charge on any atom is 0.179 e. The lowest BCUT2D eigenvalue weighted by Crippen LogP contribution is -2.14. The van der Waals surface area contributed by atoms with E-state index in [1.165, 1.54) is 4.70 Å². The Morgan fingerprint density at radius 1 is 1.05 bits per heavy atom. The van der Waals surface area contributed by atoms with Crippen LogP contribution in [0.2, 0.25) is 0 Å². The van der Waals surface area contributed by atoms with Gasteiger partial charge in [0.1, 0.15) is 5.69 Å². The molecule has 0 N–H and O–H groups in total. The third-order valence-electron chi connectivity index (χ3n) is 2.91. The summed E-state index contributed by atoms with van der Waals surface area (Å²) in [5, 5.41) is 2.07. The van der Waals surface area contributed by atoms with Crippen molar-refractivity contribution in [2.45, 2.75) is 26.2 Å². The van der Waals surface area contributed by atoms with Gasteiger partial charge >= 0.3 is 0 Å². The van der Waals surface area contributed by atoms with Crippen molar-refractivity contribution in [3.05, 3.63) is 41.5 Å². The van der Waals surface area contributed by atoms with Crippen LogP contribution in [0.4, 0.5) is 0 Å². The lowest BCUT2D eigenvalue weighted by Gasteiger charge is -2.19. The molecule has 0 unspecified atom stereocenters. The van der Waals surface area contributed by atoms with E-state index in [9.17, 15) is 0 Å². The van der Waals surface area contributed by atoms with Gasteiger partial charge in [0.15, 0.2) is 5.82 Å². The zero-order valence-corrected chi connectivity index (χ0v) is 12.0. The standard InChI is InChI=1S/C15H15N3S/c1-15(2,3)13-12-10(7-9-19-12)17-14(18-13)11-6-4-5-8-16-11/h4-9H,1-3H3. The second-order valence-corrected chi connectivity index (χ2v) is 6.41. The number of pyridine rings is 1. The van der Waals surface area contributed by atoms with Gasteiger partial charge in [0.05, 0.1) is 15.9 Å². The monoisotopic (exact) mass is 269 g/mol. The summed E-state index contributed by atoms with van der Waals surface area (Å²) in [6.07, 6.45) is 1.77. The summed E-state index contributed by atoms with van der Waals surface area (Å²) in [7, 11) is 0. The average Bonchev–Trinajstić information content (AvgIpc) is 2.85. The molecule has 0 spiro atoms. The van der Waals surface area contributed by atoms with Crippen LogP contribution < -0.4 is 0 Å². The molecule has 0 aromatic carbocycles. The Balaban J connectivity index is 2.28. The Morgan fingerprint density at radius 3 is 2.58 bits per heavy atom. The molecule has 0 atom stereocenters. The summed E-state index contributed by atoms with van der Waals surface area (Å²) in [5.74, 6) is 0.705. The van der Waals surface area contributed by atoms with Crippen LogP contribution in [0.3, 0.4) is 0 Å². The van der Waals surface area contributed by atoms with Crippen LogP contribution >= 0.6 is 11.3 Å². The predicted octanol–water partition coefficient (Wildman–Crippen LogP) is 4.05. The van der Waals surface area contributed by atoms with Crippen molar-refractivity contribution in [2.75, 3.05) is 0 Å². The maximum atomic E-state index is 4.75. The second kappa shape index (κ2) is 4.38. The fraction of sp³-hybridized carbons (Fsp3) is 0.267. The van der Waals surface area contributed by atoms with Crippen LogP contribution in [0, 0.1) is 0 Å². The van der Waals surface area contributed by atoms with E-state index >= 15 is 0 Å². The van der Waals surface area contributed by atoms with Crippen molar-refractivity contribution < 1.29 is 0 Å². The van der Waals surface area contributed by atoms with Crippen molar-refractivity contribution in [3.63, 3.8) is 0 Å². The molecular weight excluding hydrogens is 254 g/mol. The van der Waals surface area contributed by atoms with Crippen molar-refractivity contribution in [2.24, 2.45) is 0 Å². The molecule has 0 aliphatic carbocycles. The maximum absolute atomic E-state index is 4.75. The number of nitrogens with zero attached hydrogens (tertiary/aromatic N) is 3. The van der Waals surface area contributed by atoms with Crippen molar-refractivity contribution in [1.82, 2.24) is 15.0 Å². The highest BCUT2D eigenvalue weighted by atomic mass is 32.1. The minimum Gasteiger partial charge on any atom is -0.253 e. The van der Waals surface area contributed by atoms with Gasteiger partial charge in [-0.15, -0.1) is 11.3 Å². The fourth-order valence-electron chi connectivity index (χ4n) is 1.98. The van der Waals surface area contributed by atoms with Gasteiger partial charge in [-0.1, -0.05) is 26.8 Å². The highest BCUT2D eigenvalue weighted by molar-refractivity contribution is 7.17. The molecule has 0 saturated heterocycles. The number of rotatable bonds is 1. The van der Waals surface area contributed by atoms with Gasteiger partial charge in [0.25, 0.3) is 0 Å². The minimum atomic E-state index is -0.00439. The predicted molar refractivity (Wildman–Crippen MR) is 79.3 cm³/mol. The van der Waals surface area contributed by atoms with Crippen molar-refractivity contribution in [1.29, 1.82) is 0 Å². The molecule has 96 valence electrons. The number of hydrogen-bond donors (Lipinski definition) is 0. The van der Waals surface area contributed by atoms with Gasteiger partial charge in [-0.3, -0.25) is 4.98 Å². The quantitative estimate of drug-likeness (QED) is 0.669. The van der Waals surface area contributed by atoms with Gasteiger partial charge < -0.3 is 0 Å². The molecule has 0 radical (unpaired) electrons. The van der Waals surface area contributed by atoms with Gasteiger partial charge in [0, 0.05) is 11.6 Å². The molecule has 0 saturated carbocycles. The first-order chi connectivity index (χ1) is 9.05. The summed E-state index contributed by atoms with van der Waals surface area (Å²) >= 11 is 1.70. The molecule has 0 aliphatic rings. The molecule has 19 heavy (non-hydrogen) atoms. The van der Waals surface area contributed by atoms with E-state index in [0.717, 1.165) is 16.9 Å². The third kappa shape index (κ3) is 2.24. The van der Waals surface area contributed by atoms with E-state index < -0.39 is 0 Å². The number of fused-ring (bicyclic) bond motifs is 1. The molecule has 3 nitrogen and oxygen atoms in total. The van der Waals surface area contributed by atoms with Crippen LogP contribution in [0.25, 0.3) is 21.7 Å². The molecule has 0 fully saturated rings. The topological polar surface area (TPSA) is 38.7 Å². The molecule has 4 heteroatoms.